The lowest BCUT2D eigenvalue weighted by Gasteiger charge is -2.28. The molecule has 0 amide bonds. The van der Waals surface area contributed by atoms with Gasteiger partial charge in [0.15, 0.2) is 11.5 Å². The average Bonchev–Trinajstić information content (AvgIpc) is 3.08. The Balaban J connectivity index is 2.22. The average molecular weight is 297 g/mol. The summed E-state index contributed by atoms with van der Waals surface area (Å²) in [6.07, 6.45) is 3.86. The number of ether oxygens (including phenoxy) is 2. The van der Waals surface area contributed by atoms with E-state index in [1.54, 1.807) is 0 Å². The molecule has 0 bridgehead atoms. The molecule has 1 heterocycles. The van der Waals surface area contributed by atoms with Crippen LogP contribution in [0.3, 0.4) is 0 Å². The fourth-order valence-electron chi connectivity index (χ4n) is 3.39. The van der Waals surface area contributed by atoms with Gasteiger partial charge >= 0.3 is 5.97 Å². The number of halogens is 1. The molecule has 1 fully saturated rings. The van der Waals surface area contributed by atoms with Crippen LogP contribution in [0.4, 0.5) is 0 Å². The van der Waals surface area contributed by atoms with E-state index in [4.69, 9.17) is 21.1 Å². The van der Waals surface area contributed by atoms with Crippen LogP contribution in [0.15, 0.2) is 6.07 Å². The van der Waals surface area contributed by atoms with Gasteiger partial charge in [-0.3, -0.25) is 4.79 Å². The monoisotopic (exact) mass is 296 g/mol. The van der Waals surface area contributed by atoms with E-state index in [-0.39, 0.29) is 6.79 Å². The van der Waals surface area contributed by atoms with E-state index in [1.165, 1.54) is 0 Å². The lowest BCUT2D eigenvalue weighted by atomic mass is 9.76. The first-order chi connectivity index (χ1) is 9.60. The zero-order valence-corrected chi connectivity index (χ0v) is 12.1. The third kappa shape index (κ3) is 1.78. The van der Waals surface area contributed by atoms with Crippen molar-refractivity contribution in [2.24, 2.45) is 0 Å². The normalized spacial score (nSPS) is 19.3. The molecule has 0 unspecified atom stereocenters. The fraction of sp³-hybridized carbons (Fsp3) is 0.533. The third-order valence-corrected chi connectivity index (χ3v) is 4.84. The fourth-order valence-corrected chi connectivity index (χ4v) is 3.77. The predicted octanol–water partition coefficient (Wildman–Crippen LogP) is 3.53. The van der Waals surface area contributed by atoms with Crippen molar-refractivity contribution in [3.63, 3.8) is 0 Å². The summed E-state index contributed by atoms with van der Waals surface area (Å²) < 4.78 is 10.8. The first-order valence-corrected chi connectivity index (χ1v) is 7.33. The van der Waals surface area contributed by atoms with Gasteiger partial charge in [0.05, 0.1) is 10.4 Å². The molecule has 0 atom stereocenters. The molecule has 1 saturated carbocycles. The molecule has 2 aliphatic rings. The highest BCUT2D eigenvalue weighted by Crippen LogP contribution is 2.50. The maximum Gasteiger partial charge on any atom is 0.314 e. The highest BCUT2D eigenvalue weighted by molar-refractivity contribution is 6.33. The van der Waals surface area contributed by atoms with E-state index in [9.17, 15) is 9.90 Å². The van der Waals surface area contributed by atoms with Crippen molar-refractivity contribution in [2.45, 2.75) is 44.4 Å². The zero-order chi connectivity index (χ0) is 14.3. The van der Waals surface area contributed by atoms with Crippen molar-refractivity contribution in [1.82, 2.24) is 0 Å². The number of fused-ring (bicyclic) bond motifs is 1. The molecule has 4 nitrogen and oxygen atoms in total. The van der Waals surface area contributed by atoms with E-state index < -0.39 is 11.4 Å². The Morgan fingerprint density at radius 2 is 2.10 bits per heavy atom. The van der Waals surface area contributed by atoms with Crippen molar-refractivity contribution in [1.29, 1.82) is 0 Å². The van der Waals surface area contributed by atoms with Crippen LogP contribution in [-0.4, -0.2) is 17.9 Å². The summed E-state index contributed by atoms with van der Waals surface area (Å²) in [6, 6.07) is 1.83. The van der Waals surface area contributed by atoms with Crippen LogP contribution in [0.1, 0.15) is 43.7 Å². The second kappa shape index (κ2) is 4.85. The molecule has 0 spiro atoms. The summed E-state index contributed by atoms with van der Waals surface area (Å²) in [6.45, 7) is 2.12. The van der Waals surface area contributed by atoms with Gasteiger partial charge in [-0.25, -0.2) is 0 Å². The lowest BCUT2D eigenvalue weighted by molar-refractivity contribution is -0.143. The number of carboxylic acid groups (broad SMARTS) is 1. The molecule has 108 valence electrons. The minimum Gasteiger partial charge on any atom is -0.481 e. The first kappa shape index (κ1) is 13.6. The van der Waals surface area contributed by atoms with E-state index in [2.05, 4.69) is 0 Å². The van der Waals surface area contributed by atoms with E-state index in [1.807, 2.05) is 13.0 Å². The number of rotatable bonds is 3. The molecule has 1 aliphatic carbocycles. The SMILES string of the molecule is CCc1c(C2(C(=O)O)CCCC2)cc2c(c1Cl)OCO2. The van der Waals surface area contributed by atoms with E-state index >= 15 is 0 Å². The Morgan fingerprint density at radius 3 is 2.70 bits per heavy atom. The molecule has 1 aliphatic heterocycles. The minimum absolute atomic E-state index is 0.141. The van der Waals surface area contributed by atoms with Crippen LogP contribution in [0.2, 0.25) is 5.02 Å². The smallest absolute Gasteiger partial charge is 0.314 e. The molecule has 0 radical (unpaired) electrons. The molecule has 0 aromatic heterocycles. The number of aliphatic carboxylic acids is 1. The van der Waals surface area contributed by atoms with E-state index in [0.717, 1.165) is 24.0 Å². The van der Waals surface area contributed by atoms with Crippen LogP contribution in [-0.2, 0) is 16.6 Å². The Hall–Kier alpha value is -1.42. The number of carbonyl (C=O) groups is 1. The summed E-state index contributed by atoms with van der Waals surface area (Å²) in [5.74, 6) is 0.347. The van der Waals surface area contributed by atoms with E-state index in [0.29, 0.717) is 35.8 Å². The Bertz CT molecular complexity index is 561. The van der Waals surface area contributed by atoms with Crippen molar-refractivity contribution in [2.75, 3.05) is 6.79 Å². The molecule has 5 heteroatoms. The standard InChI is InChI=1S/C15H17ClO4/c1-2-9-10(15(14(17)18)5-3-4-6-15)7-11-13(12(9)16)20-8-19-11/h7H,2-6,8H2,1H3,(H,17,18). The zero-order valence-electron chi connectivity index (χ0n) is 11.4. The van der Waals surface area contributed by atoms with Gasteiger partial charge < -0.3 is 14.6 Å². The molecular formula is C15H17ClO4. The van der Waals surface area contributed by atoms with Crippen LogP contribution < -0.4 is 9.47 Å². The van der Waals surface area contributed by atoms with Gasteiger partial charge in [0.1, 0.15) is 0 Å². The number of hydrogen-bond donors (Lipinski definition) is 1. The number of hydrogen-bond acceptors (Lipinski definition) is 3. The topological polar surface area (TPSA) is 55.8 Å². The lowest BCUT2D eigenvalue weighted by Crippen LogP contribution is -2.33. The third-order valence-electron chi connectivity index (χ3n) is 4.44. The van der Waals surface area contributed by atoms with Gasteiger partial charge in [0.25, 0.3) is 0 Å². The van der Waals surface area contributed by atoms with Crippen molar-refractivity contribution in [3.05, 3.63) is 22.2 Å². The number of carboxylic acids is 1. The van der Waals surface area contributed by atoms with Gasteiger partial charge in [-0.15, -0.1) is 0 Å². The molecular weight excluding hydrogens is 280 g/mol. The Morgan fingerprint density at radius 1 is 1.40 bits per heavy atom. The Kier molecular flexibility index (Phi) is 3.28. The largest absolute Gasteiger partial charge is 0.481 e. The van der Waals surface area contributed by atoms with Crippen LogP contribution in [0.25, 0.3) is 0 Å². The summed E-state index contributed by atoms with van der Waals surface area (Å²) in [7, 11) is 0. The number of benzene rings is 1. The second-order valence-corrected chi connectivity index (χ2v) is 5.78. The molecule has 1 aromatic rings. The van der Waals surface area contributed by atoms with Crippen LogP contribution in [0, 0.1) is 0 Å². The van der Waals surface area contributed by atoms with Crippen LogP contribution >= 0.6 is 11.6 Å². The molecule has 0 saturated heterocycles. The summed E-state index contributed by atoms with van der Waals surface area (Å²) in [4.78, 5) is 11.9. The maximum absolute atomic E-state index is 11.9. The molecule has 1 N–H and O–H groups in total. The van der Waals surface area contributed by atoms with Crippen LogP contribution in [0.5, 0.6) is 11.5 Å². The van der Waals surface area contributed by atoms with Gasteiger partial charge in [-0.1, -0.05) is 31.4 Å². The van der Waals surface area contributed by atoms with Gasteiger partial charge in [0.2, 0.25) is 6.79 Å². The van der Waals surface area contributed by atoms with Crippen molar-refractivity contribution in [3.8, 4) is 11.5 Å². The van der Waals surface area contributed by atoms with Gasteiger partial charge in [-0.2, -0.15) is 0 Å². The van der Waals surface area contributed by atoms with Crippen molar-refractivity contribution < 1.29 is 19.4 Å². The molecule has 3 rings (SSSR count). The van der Waals surface area contributed by atoms with Gasteiger partial charge in [-0.05, 0) is 36.5 Å². The first-order valence-electron chi connectivity index (χ1n) is 6.95. The molecule has 1 aromatic carbocycles. The Labute approximate surface area is 122 Å². The highest BCUT2D eigenvalue weighted by atomic mass is 35.5. The minimum atomic E-state index is -0.823. The molecule has 20 heavy (non-hydrogen) atoms. The maximum atomic E-state index is 11.9. The summed E-state index contributed by atoms with van der Waals surface area (Å²) in [5, 5.41) is 10.3. The second-order valence-electron chi connectivity index (χ2n) is 5.40. The quantitative estimate of drug-likeness (QED) is 0.927. The van der Waals surface area contributed by atoms with Gasteiger partial charge in [0, 0.05) is 0 Å². The summed E-state index contributed by atoms with van der Waals surface area (Å²) >= 11 is 6.41. The van der Waals surface area contributed by atoms with Crippen molar-refractivity contribution >= 4 is 17.6 Å². The highest BCUT2D eigenvalue weighted by Gasteiger charge is 2.45. The predicted molar refractivity (Wildman–Crippen MR) is 74.7 cm³/mol. The summed E-state index contributed by atoms with van der Waals surface area (Å²) in [5.41, 5.74) is 0.857.